The Morgan fingerprint density at radius 3 is 1.72 bits per heavy atom. The molecule has 0 amide bonds. The first-order chi connectivity index (χ1) is 26.7. The van der Waals surface area contributed by atoms with Gasteiger partial charge in [0.25, 0.3) is 0 Å². The van der Waals surface area contributed by atoms with Crippen molar-refractivity contribution in [3.63, 3.8) is 0 Å². The molecule has 0 aliphatic carbocycles. The van der Waals surface area contributed by atoms with Gasteiger partial charge in [-0.25, -0.2) is 4.85 Å². The van der Waals surface area contributed by atoms with Crippen molar-refractivity contribution in [3.8, 4) is 50.8 Å². The third-order valence-electron chi connectivity index (χ3n) is 10.6. The molecule has 8 aromatic carbocycles. The molecule has 0 N–H and O–H groups in total. The molecule has 0 unspecified atom stereocenters. The van der Waals surface area contributed by atoms with E-state index < -0.39 is 0 Å². The Labute approximate surface area is 312 Å². The molecule has 0 saturated heterocycles. The largest absolute Gasteiger partial charge is 0.318 e. The quantitative estimate of drug-likeness (QED) is 0.166. The van der Waals surface area contributed by atoms with Gasteiger partial charge in [-0.1, -0.05) is 127 Å². The summed E-state index contributed by atoms with van der Waals surface area (Å²) in [5.74, 6) is 0. The second-order valence-corrected chi connectivity index (χ2v) is 13.5. The molecule has 4 heteroatoms. The Morgan fingerprint density at radius 2 is 1.06 bits per heavy atom. The van der Waals surface area contributed by atoms with Crippen LogP contribution in [0, 0.1) is 17.9 Å². The first-order valence-corrected chi connectivity index (χ1v) is 17.9. The van der Waals surface area contributed by atoms with Crippen LogP contribution in [-0.4, -0.2) is 9.13 Å². The number of benzene rings is 8. The smallest absolute Gasteiger partial charge is 0.211 e. The highest BCUT2D eigenvalue weighted by Crippen LogP contribution is 2.44. The van der Waals surface area contributed by atoms with Crippen LogP contribution in [-0.2, 0) is 0 Å². The Morgan fingerprint density at radius 1 is 0.444 bits per heavy atom. The molecule has 2 heterocycles. The van der Waals surface area contributed by atoms with Gasteiger partial charge in [0, 0.05) is 27.2 Å². The molecule has 54 heavy (non-hydrogen) atoms. The molecule has 10 aromatic rings. The van der Waals surface area contributed by atoms with Crippen molar-refractivity contribution in [1.82, 2.24) is 9.13 Å². The molecular formula is C50H30N4. The first-order valence-electron chi connectivity index (χ1n) is 17.9. The molecule has 2 aromatic heterocycles. The van der Waals surface area contributed by atoms with Crippen LogP contribution in [0.15, 0.2) is 182 Å². The van der Waals surface area contributed by atoms with Crippen LogP contribution in [0.25, 0.3) is 93.2 Å². The number of hydrogen-bond donors (Lipinski definition) is 0. The van der Waals surface area contributed by atoms with E-state index in [4.69, 9.17) is 6.57 Å². The lowest BCUT2D eigenvalue weighted by atomic mass is 9.96. The molecule has 0 bridgehead atoms. The summed E-state index contributed by atoms with van der Waals surface area (Å²) in [6.07, 6.45) is 0. The molecule has 10 rings (SSSR count). The van der Waals surface area contributed by atoms with Crippen molar-refractivity contribution in [3.05, 3.63) is 199 Å². The minimum atomic E-state index is 0.439. The van der Waals surface area contributed by atoms with Gasteiger partial charge in [0.05, 0.1) is 46.0 Å². The van der Waals surface area contributed by atoms with E-state index in [2.05, 4.69) is 178 Å². The summed E-state index contributed by atoms with van der Waals surface area (Å²) in [5.41, 5.74) is 13.5. The zero-order chi connectivity index (χ0) is 36.2. The molecule has 0 saturated carbocycles. The second kappa shape index (κ2) is 12.5. The summed E-state index contributed by atoms with van der Waals surface area (Å²) in [6, 6.07) is 65.7. The zero-order valence-electron chi connectivity index (χ0n) is 29.1. The fraction of sp³-hybridized carbons (Fsp3) is 0. The standard InChI is InChI=1S/C50H30N4/c1-52-44-21-11-17-38(32-51)50(44)54-46-28-25-36(34-15-7-3-8-16-34)30-43(46)49-40(20-12-22-47(49)54)37-23-26-41-42-29-35(33-13-5-2-6-14-33)24-27-45(42)53(48(41)31-37)39-18-9-4-10-19-39/h2-31H. The van der Waals surface area contributed by atoms with Crippen LogP contribution in [0.3, 0.4) is 0 Å². The van der Waals surface area contributed by atoms with Gasteiger partial charge in [0.15, 0.2) is 0 Å². The number of aromatic nitrogens is 2. The van der Waals surface area contributed by atoms with Gasteiger partial charge in [-0.15, -0.1) is 0 Å². The lowest BCUT2D eigenvalue weighted by Gasteiger charge is -2.13. The van der Waals surface area contributed by atoms with Gasteiger partial charge < -0.3 is 9.13 Å². The maximum atomic E-state index is 10.3. The average molecular weight is 687 g/mol. The molecule has 0 aliphatic rings. The summed E-state index contributed by atoms with van der Waals surface area (Å²) < 4.78 is 4.48. The molecule has 0 spiro atoms. The molecule has 0 aliphatic heterocycles. The zero-order valence-corrected chi connectivity index (χ0v) is 29.1. The molecule has 4 nitrogen and oxygen atoms in total. The number of fused-ring (bicyclic) bond motifs is 6. The van der Waals surface area contributed by atoms with Crippen molar-refractivity contribution in [2.24, 2.45) is 0 Å². The lowest BCUT2D eigenvalue weighted by Crippen LogP contribution is -1.98. The summed E-state index contributed by atoms with van der Waals surface area (Å²) in [5, 5.41) is 14.8. The number of rotatable bonds is 5. The van der Waals surface area contributed by atoms with E-state index in [1.165, 1.54) is 21.9 Å². The van der Waals surface area contributed by atoms with E-state index in [9.17, 15) is 5.26 Å². The van der Waals surface area contributed by atoms with Gasteiger partial charge in [0.1, 0.15) is 0 Å². The van der Waals surface area contributed by atoms with Crippen molar-refractivity contribution < 1.29 is 0 Å². The molecule has 250 valence electrons. The van der Waals surface area contributed by atoms with Crippen LogP contribution < -0.4 is 0 Å². The highest BCUT2D eigenvalue weighted by Gasteiger charge is 2.22. The lowest BCUT2D eigenvalue weighted by molar-refractivity contribution is 1.17. The predicted octanol–water partition coefficient (Wildman–Crippen LogP) is 13.3. The summed E-state index contributed by atoms with van der Waals surface area (Å²) in [7, 11) is 0. The van der Waals surface area contributed by atoms with Gasteiger partial charge >= 0.3 is 0 Å². The van der Waals surface area contributed by atoms with Gasteiger partial charge in [0.2, 0.25) is 5.69 Å². The minimum Gasteiger partial charge on any atom is -0.318 e. The van der Waals surface area contributed by atoms with Gasteiger partial charge in [-0.2, -0.15) is 5.26 Å². The number of nitriles is 1. The summed E-state index contributed by atoms with van der Waals surface area (Å²) in [6.45, 7) is 8.07. The van der Waals surface area contributed by atoms with Gasteiger partial charge in [-0.3, -0.25) is 0 Å². The van der Waals surface area contributed by atoms with E-state index in [-0.39, 0.29) is 0 Å². The van der Waals surface area contributed by atoms with Crippen molar-refractivity contribution in [2.45, 2.75) is 0 Å². The summed E-state index contributed by atoms with van der Waals surface area (Å²) in [4.78, 5) is 3.89. The maximum absolute atomic E-state index is 10.3. The maximum Gasteiger partial charge on any atom is 0.211 e. The third-order valence-corrected chi connectivity index (χ3v) is 10.6. The Hall–Kier alpha value is -7.66. The van der Waals surface area contributed by atoms with Crippen molar-refractivity contribution in [2.75, 3.05) is 0 Å². The predicted molar refractivity (Wildman–Crippen MR) is 222 cm³/mol. The Balaban J connectivity index is 1.29. The molecule has 0 atom stereocenters. The molecule has 0 fully saturated rings. The third kappa shape index (κ3) is 4.83. The van der Waals surface area contributed by atoms with E-state index in [1.54, 1.807) is 18.2 Å². The Kier molecular flexibility index (Phi) is 7.22. The fourth-order valence-corrected chi connectivity index (χ4v) is 8.16. The van der Waals surface area contributed by atoms with Crippen molar-refractivity contribution >= 4 is 49.3 Å². The van der Waals surface area contributed by atoms with Crippen molar-refractivity contribution in [1.29, 1.82) is 5.26 Å². The topological polar surface area (TPSA) is 38.0 Å². The summed E-state index contributed by atoms with van der Waals surface area (Å²) >= 11 is 0. The highest BCUT2D eigenvalue weighted by atomic mass is 15.0. The molecular weight excluding hydrogens is 657 g/mol. The van der Waals surface area contributed by atoms with Crippen LogP contribution in [0.1, 0.15) is 5.56 Å². The molecule has 0 radical (unpaired) electrons. The van der Waals surface area contributed by atoms with E-state index in [0.29, 0.717) is 16.9 Å². The second-order valence-electron chi connectivity index (χ2n) is 13.5. The van der Waals surface area contributed by atoms with E-state index in [0.717, 1.165) is 60.8 Å². The highest BCUT2D eigenvalue weighted by molar-refractivity contribution is 6.18. The monoisotopic (exact) mass is 686 g/mol. The number of hydrogen-bond acceptors (Lipinski definition) is 1. The van der Waals surface area contributed by atoms with E-state index >= 15 is 0 Å². The normalized spacial score (nSPS) is 11.3. The average Bonchev–Trinajstić information content (AvgIpc) is 3.75. The van der Waals surface area contributed by atoms with Crippen LogP contribution in [0.5, 0.6) is 0 Å². The van der Waals surface area contributed by atoms with Gasteiger partial charge in [-0.05, 0) is 88.0 Å². The number of nitrogens with zero attached hydrogens (tertiary/aromatic N) is 4. The van der Waals surface area contributed by atoms with Crippen LogP contribution in [0.4, 0.5) is 5.69 Å². The first kappa shape index (κ1) is 31.1. The fourth-order valence-electron chi connectivity index (χ4n) is 8.16. The van der Waals surface area contributed by atoms with Crippen LogP contribution in [0.2, 0.25) is 0 Å². The van der Waals surface area contributed by atoms with E-state index in [1.807, 2.05) is 6.07 Å². The Bertz CT molecular complexity index is 3120. The van der Waals surface area contributed by atoms with Crippen LogP contribution >= 0.6 is 0 Å². The number of para-hydroxylation sites is 2. The SMILES string of the molecule is [C-]#[N+]c1cccc(C#N)c1-n1c2ccc(-c3ccccc3)cc2c2c(-c3ccc4c5cc(-c6ccccc6)ccc5n(-c5ccccc5)c4c3)cccc21. The minimum absolute atomic E-state index is 0.439.